The highest BCUT2D eigenvalue weighted by atomic mass is 16.5. The Morgan fingerprint density at radius 1 is 1.08 bits per heavy atom. The minimum absolute atomic E-state index is 0.119. The highest BCUT2D eigenvalue weighted by Crippen LogP contribution is 2.17. The van der Waals surface area contributed by atoms with Crippen LogP contribution >= 0.6 is 0 Å². The van der Waals surface area contributed by atoms with Crippen LogP contribution in [0.3, 0.4) is 0 Å². The molecule has 1 aromatic heterocycles. The van der Waals surface area contributed by atoms with Crippen LogP contribution in [0.1, 0.15) is 31.0 Å². The van der Waals surface area contributed by atoms with Gasteiger partial charge in [-0.3, -0.25) is 19.4 Å². The second-order valence-electron chi connectivity index (χ2n) is 5.48. The molecule has 6 heteroatoms. The van der Waals surface area contributed by atoms with Crippen LogP contribution in [0.15, 0.2) is 48.7 Å². The zero-order chi connectivity index (χ0) is 18.1. The predicted molar refractivity (Wildman–Crippen MR) is 91.8 cm³/mol. The molecular weight excluding hydrogens is 320 g/mol. The van der Waals surface area contributed by atoms with Crippen LogP contribution in [-0.2, 0) is 27.3 Å². The molecule has 0 aliphatic rings. The molecule has 1 aromatic carbocycles. The van der Waals surface area contributed by atoms with Crippen molar-refractivity contribution in [1.82, 2.24) is 10.3 Å². The molecule has 2 aromatic rings. The van der Waals surface area contributed by atoms with E-state index in [4.69, 9.17) is 4.74 Å². The average Bonchev–Trinajstić information content (AvgIpc) is 2.61. The van der Waals surface area contributed by atoms with Crippen molar-refractivity contribution in [2.24, 2.45) is 0 Å². The fourth-order valence-corrected chi connectivity index (χ4v) is 2.27. The highest BCUT2D eigenvalue weighted by molar-refractivity contribution is 6.36. The summed E-state index contributed by atoms with van der Waals surface area (Å²) < 4.78 is 5.07. The van der Waals surface area contributed by atoms with Gasteiger partial charge < -0.3 is 10.1 Å². The van der Waals surface area contributed by atoms with Gasteiger partial charge in [-0.05, 0) is 31.0 Å². The summed E-state index contributed by atoms with van der Waals surface area (Å²) in [6, 6.07) is 12.5. The van der Waals surface area contributed by atoms with Gasteiger partial charge in [-0.1, -0.05) is 24.3 Å². The first kappa shape index (κ1) is 18.3. The first-order valence-electron chi connectivity index (χ1n) is 8.03. The SMILES string of the molecule is CC(=O)Oc1ccccc1CNC(=O)C(=O)CCCc1ccccn1. The number of hydrogen-bond donors (Lipinski definition) is 1. The van der Waals surface area contributed by atoms with E-state index >= 15 is 0 Å². The van der Waals surface area contributed by atoms with E-state index in [1.807, 2.05) is 18.2 Å². The lowest BCUT2D eigenvalue weighted by molar-refractivity contribution is -0.138. The molecule has 0 atom stereocenters. The standard InChI is InChI=1S/C19H20N2O4/c1-14(22)25-18-11-3-2-7-15(18)13-21-19(24)17(23)10-6-9-16-8-4-5-12-20-16/h2-5,7-8,11-12H,6,9-10,13H2,1H3,(H,21,24). The Kier molecular flexibility index (Phi) is 6.83. The maximum Gasteiger partial charge on any atom is 0.308 e. The van der Waals surface area contributed by atoms with Gasteiger partial charge in [0.05, 0.1) is 0 Å². The Bertz CT molecular complexity index is 744. The van der Waals surface area contributed by atoms with Crippen molar-refractivity contribution < 1.29 is 19.1 Å². The number of nitrogens with one attached hydrogen (secondary N) is 1. The fraction of sp³-hybridized carbons (Fsp3) is 0.263. The van der Waals surface area contributed by atoms with Crippen LogP contribution < -0.4 is 10.1 Å². The number of hydrogen-bond acceptors (Lipinski definition) is 5. The van der Waals surface area contributed by atoms with Crippen LogP contribution in [0.25, 0.3) is 0 Å². The largest absolute Gasteiger partial charge is 0.426 e. The second kappa shape index (κ2) is 9.32. The molecule has 0 spiro atoms. The third-order valence-electron chi connectivity index (χ3n) is 3.48. The number of aromatic nitrogens is 1. The number of amides is 1. The molecule has 0 saturated heterocycles. The predicted octanol–water partition coefficient (Wildman–Crippen LogP) is 2.22. The molecule has 0 fully saturated rings. The Labute approximate surface area is 146 Å². The Morgan fingerprint density at radius 2 is 1.84 bits per heavy atom. The average molecular weight is 340 g/mol. The van der Waals surface area contributed by atoms with Crippen molar-refractivity contribution >= 4 is 17.7 Å². The summed E-state index contributed by atoms with van der Waals surface area (Å²) in [5.41, 5.74) is 1.53. The third-order valence-corrected chi connectivity index (χ3v) is 3.48. The van der Waals surface area contributed by atoms with Crippen molar-refractivity contribution in [2.45, 2.75) is 32.7 Å². The highest BCUT2D eigenvalue weighted by Gasteiger charge is 2.14. The molecule has 2 rings (SSSR count). The van der Waals surface area contributed by atoms with Crippen LogP contribution in [-0.4, -0.2) is 22.6 Å². The van der Waals surface area contributed by atoms with Gasteiger partial charge in [0.25, 0.3) is 5.91 Å². The summed E-state index contributed by atoms with van der Waals surface area (Å²) in [4.78, 5) is 39.1. The van der Waals surface area contributed by atoms with Crippen LogP contribution in [0, 0.1) is 0 Å². The lowest BCUT2D eigenvalue weighted by Gasteiger charge is -2.09. The normalized spacial score (nSPS) is 10.1. The number of esters is 1. The Morgan fingerprint density at radius 3 is 2.56 bits per heavy atom. The smallest absolute Gasteiger partial charge is 0.308 e. The van der Waals surface area contributed by atoms with Crippen molar-refractivity contribution in [2.75, 3.05) is 0 Å². The summed E-state index contributed by atoms with van der Waals surface area (Å²) in [5.74, 6) is -1.18. The van der Waals surface area contributed by atoms with Gasteiger partial charge in [-0.2, -0.15) is 0 Å². The minimum Gasteiger partial charge on any atom is -0.426 e. The summed E-state index contributed by atoms with van der Waals surface area (Å²) in [6.07, 6.45) is 3.07. The molecule has 0 unspecified atom stereocenters. The molecule has 130 valence electrons. The monoisotopic (exact) mass is 340 g/mol. The van der Waals surface area contributed by atoms with Gasteiger partial charge in [0.2, 0.25) is 5.78 Å². The topological polar surface area (TPSA) is 85.4 Å². The number of carbonyl (C=O) groups is 3. The van der Waals surface area contributed by atoms with Gasteiger partial charge in [-0.25, -0.2) is 0 Å². The Balaban J connectivity index is 1.80. The molecule has 1 heterocycles. The quantitative estimate of drug-likeness (QED) is 0.452. The van der Waals surface area contributed by atoms with Crippen molar-refractivity contribution in [3.05, 3.63) is 59.9 Å². The number of ether oxygens (including phenoxy) is 1. The van der Waals surface area contributed by atoms with Gasteiger partial charge >= 0.3 is 5.97 Å². The first-order chi connectivity index (χ1) is 12.1. The summed E-state index contributed by atoms with van der Waals surface area (Å²) in [7, 11) is 0. The maximum absolute atomic E-state index is 11.9. The zero-order valence-corrected chi connectivity index (χ0v) is 14.0. The first-order valence-corrected chi connectivity index (χ1v) is 8.03. The molecule has 0 saturated carbocycles. The summed E-state index contributed by atoms with van der Waals surface area (Å²) >= 11 is 0. The number of para-hydroxylation sites is 1. The van der Waals surface area contributed by atoms with E-state index in [1.54, 1.807) is 30.5 Å². The van der Waals surface area contributed by atoms with Gasteiger partial charge in [0, 0.05) is 37.3 Å². The number of Topliss-reactive ketones (excluding diaryl/α,β-unsaturated/α-hetero) is 1. The van der Waals surface area contributed by atoms with Crippen LogP contribution in [0.2, 0.25) is 0 Å². The van der Waals surface area contributed by atoms with Gasteiger partial charge in [-0.15, -0.1) is 0 Å². The molecule has 0 aliphatic carbocycles. The van der Waals surface area contributed by atoms with E-state index in [2.05, 4.69) is 10.3 Å². The second-order valence-corrected chi connectivity index (χ2v) is 5.48. The third kappa shape index (κ3) is 6.18. The molecular formula is C19H20N2O4. The molecule has 0 aliphatic heterocycles. The molecule has 1 amide bonds. The number of benzene rings is 1. The van der Waals surface area contributed by atoms with Crippen LogP contribution in [0.5, 0.6) is 5.75 Å². The van der Waals surface area contributed by atoms with E-state index < -0.39 is 17.7 Å². The molecule has 6 nitrogen and oxygen atoms in total. The molecule has 25 heavy (non-hydrogen) atoms. The lowest BCUT2D eigenvalue weighted by Crippen LogP contribution is -2.30. The maximum atomic E-state index is 11.9. The van der Waals surface area contributed by atoms with Crippen molar-refractivity contribution in [3.63, 3.8) is 0 Å². The Hall–Kier alpha value is -3.02. The van der Waals surface area contributed by atoms with E-state index in [-0.39, 0.29) is 13.0 Å². The molecule has 0 radical (unpaired) electrons. The van der Waals surface area contributed by atoms with Crippen molar-refractivity contribution in [1.29, 1.82) is 0 Å². The van der Waals surface area contributed by atoms with Crippen molar-refractivity contribution in [3.8, 4) is 5.75 Å². The summed E-state index contributed by atoms with van der Waals surface area (Å²) in [6.45, 7) is 1.43. The number of pyridine rings is 1. The van der Waals surface area contributed by atoms with Crippen LogP contribution in [0.4, 0.5) is 0 Å². The van der Waals surface area contributed by atoms with E-state index in [1.165, 1.54) is 6.92 Å². The number of ketones is 1. The lowest BCUT2D eigenvalue weighted by atomic mass is 10.1. The van der Waals surface area contributed by atoms with Gasteiger partial charge in [0.15, 0.2) is 0 Å². The van der Waals surface area contributed by atoms with E-state index in [0.29, 0.717) is 24.2 Å². The number of aryl methyl sites for hydroxylation is 1. The number of nitrogens with zero attached hydrogens (tertiary/aromatic N) is 1. The van der Waals surface area contributed by atoms with E-state index in [9.17, 15) is 14.4 Å². The summed E-state index contributed by atoms with van der Waals surface area (Å²) in [5, 5.41) is 2.57. The molecule has 0 bridgehead atoms. The molecule has 1 N–H and O–H groups in total. The fourth-order valence-electron chi connectivity index (χ4n) is 2.27. The number of carbonyl (C=O) groups excluding carboxylic acids is 3. The van der Waals surface area contributed by atoms with E-state index in [0.717, 1.165) is 5.69 Å². The minimum atomic E-state index is -0.640. The zero-order valence-electron chi connectivity index (χ0n) is 14.0. The number of rotatable bonds is 8. The van der Waals surface area contributed by atoms with Gasteiger partial charge in [0.1, 0.15) is 5.75 Å².